The minimum atomic E-state index is 0.0211. The third-order valence-electron chi connectivity index (χ3n) is 3.46. The molecule has 0 radical (unpaired) electrons. The average Bonchev–Trinajstić information content (AvgIpc) is 2.28. The van der Waals surface area contributed by atoms with Gasteiger partial charge in [0.1, 0.15) is 0 Å². The summed E-state index contributed by atoms with van der Waals surface area (Å²) in [6.07, 6.45) is 2.30. The van der Waals surface area contributed by atoms with Gasteiger partial charge in [-0.1, -0.05) is 19.4 Å². The van der Waals surface area contributed by atoms with E-state index in [1.54, 1.807) is 11.8 Å². The number of hydrogen-bond donors (Lipinski definition) is 0. The second-order valence-electron chi connectivity index (χ2n) is 4.98. The monoisotopic (exact) mass is 245 g/mol. The Morgan fingerprint density at radius 1 is 1.44 bits per heavy atom. The summed E-state index contributed by atoms with van der Waals surface area (Å²) in [7, 11) is 0. The van der Waals surface area contributed by atoms with Crippen LogP contribution in [0, 0.1) is 6.92 Å². The maximum Gasteiger partial charge on any atom is 0.224 e. The van der Waals surface area contributed by atoms with Crippen molar-refractivity contribution in [2.45, 2.75) is 46.1 Å². The van der Waals surface area contributed by atoms with Crippen LogP contribution in [0.1, 0.15) is 49.0 Å². The highest BCUT2D eigenvalue weighted by Gasteiger charge is 2.32. The highest BCUT2D eigenvalue weighted by atomic mass is 16.2. The number of benzene rings is 1. The van der Waals surface area contributed by atoms with E-state index in [-0.39, 0.29) is 17.7 Å². The van der Waals surface area contributed by atoms with Crippen molar-refractivity contribution in [1.29, 1.82) is 0 Å². The van der Waals surface area contributed by atoms with E-state index in [0.29, 0.717) is 12.0 Å². The molecule has 0 saturated carbocycles. The van der Waals surface area contributed by atoms with Gasteiger partial charge in [-0.05, 0) is 31.0 Å². The van der Waals surface area contributed by atoms with Gasteiger partial charge in [0.05, 0.1) is 5.69 Å². The number of Topliss-reactive ketones (excluding diaryl/α,β-unsaturated/α-hetero) is 1. The summed E-state index contributed by atoms with van der Waals surface area (Å²) in [4.78, 5) is 25.8. The summed E-state index contributed by atoms with van der Waals surface area (Å²) >= 11 is 0. The van der Waals surface area contributed by atoms with Gasteiger partial charge in [-0.25, -0.2) is 0 Å². The molecule has 1 aromatic rings. The Bertz CT molecular complexity index is 493. The number of anilines is 1. The van der Waals surface area contributed by atoms with Crippen molar-refractivity contribution in [3.05, 3.63) is 29.3 Å². The Labute approximate surface area is 108 Å². The molecule has 0 saturated heterocycles. The van der Waals surface area contributed by atoms with Crippen LogP contribution in [0.25, 0.3) is 0 Å². The van der Waals surface area contributed by atoms with E-state index >= 15 is 0 Å². The molecule has 1 amide bonds. The smallest absolute Gasteiger partial charge is 0.224 e. The van der Waals surface area contributed by atoms with Gasteiger partial charge in [0.15, 0.2) is 5.78 Å². The second-order valence-corrected chi connectivity index (χ2v) is 4.98. The molecular formula is C15H19NO2. The largest absolute Gasteiger partial charge is 0.308 e. The van der Waals surface area contributed by atoms with Crippen LogP contribution < -0.4 is 4.90 Å². The Kier molecular flexibility index (Phi) is 3.50. The molecular weight excluding hydrogens is 226 g/mol. The highest BCUT2D eigenvalue weighted by Crippen LogP contribution is 2.33. The Hall–Kier alpha value is -1.64. The van der Waals surface area contributed by atoms with Crippen molar-refractivity contribution in [1.82, 2.24) is 0 Å². The van der Waals surface area contributed by atoms with Crippen LogP contribution in [-0.2, 0) is 4.79 Å². The topological polar surface area (TPSA) is 37.4 Å². The first-order valence-electron chi connectivity index (χ1n) is 6.48. The zero-order valence-corrected chi connectivity index (χ0v) is 11.2. The highest BCUT2D eigenvalue weighted by molar-refractivity contribution is 6.09. The first-order valence-corrected chi connectivity index (χ1v) is 6.48. The normalized spacial score (nSPS) is 18.7. The van der Waals surface area contributed by atoms with E-state index in [1.807, 2.05) is 25.1 Å². The number of fused-ring (bicyclic) bond motifs is 1. The van der Waals surface area contributed by atoms with Crippen molar-refractivity contribution in [3.63, 3.8) is 0 Å². The third-order valence-corrected chi connectivity index (χ3v) is 3.46. The molecule has 96 valence electrons. The number of carbonyl (C=O) groups is 2. The molecule has 1 heterocycles. The van der Waals surface area contributed by atoms with E-state index in [2.05, 4.69) is 6.92 Å². The molecule has 18 heavy (non-hydrogen) atoms. The molecule has 0 aliphatic carbocycles. The van der Waals surface area contributed by atoms with Gasteiger partial charge in [-0.2, -0.15) is 0 Å². The van der Waals surface area contributed by atoms with Gasteiger partial charge in [-0.3, -0.25) is 9.59 Å². The van der Waals surface area contributed by atoms with Gasteiger partial charge in [-0.15, -0.1) is 0 Å². The Morgan fingerprint density at radius 2 is 2.17 bits per heavy atom. The Balaban J connectivity index is 2.51. The minimum absolute atomic E-state index is 0.0211. The van der Waals surface area contributed by atoms with E-state index in [4.69, 9.17) is 0 Å². The van der Waals surface area contributed by atoms with Crippen LogP contribution >= 0.6 is 0 Å². The molecule has 0 spiro atoms. The molecule has 0 bridgehead atoms. The summed E-state index contributed by atoms with van der Waals surface area (Å²) < 4.78 is 0. The lowest BCUT2D eigenvalue weighted by atomic mass is 9.91. The molecule has 0 unspecified atom stereocenters. The van der Waals surface area contributed by atoms with E-state index < -0.39 is 0 Å². The number of amides is 1. The number of hydrogen-bond acceptors (Lipinski definition) is 2. The second kappa shape index (κ2) is 4.92. The van der Waals surface area contributed by atoms with Crippen LogP contribution in [0.15, 0.2) is 18.2 Å². The van der Waals surface area contributed by atoms with Gasteiger partial charge in [0.25, 0.3) is 0 Å². The molecule has 0 fully saturated rings. The van der Waals surface area contributed by atoms with Crippen molar-refractivity contribution in [2.24, 2.45) is 0 Å². The van der Waals surface area contributed by atoms with E-state index in [9.17, 15) is 9.59 Å². The standard InChI is InChI=1S/C15H19NO2/c1-4-5-12-9-15(18)13-7-6-10(2)8-14(13)16(12)11(3)17/h6-8,12H,4-5,9H2,1-3H3/t12-/m0/s1. The molecule has 3 nitrogen and oxygen atoms in total. The summed E-state index contributed by atoms with van der Waals surface area (Å²) in [6, 6.07) is 5.73. The lowest BCUT2D eigenvalue weighted by Crippen LogP contribution is -2.44. The fraction of sp³-hybridized carbons (Fsp3) is 0.467. The van der Waals surface area contributed by atoms with Gasteiger partial charge in [0.2, 0.25) is 5.91 Å². The maximum atomic E-state index is 12.1. The molecule has 1 aliphatic heterocycles. The molecule has 1 aliphatic rings. The Morgan fingerprint density at radius 3 is 2.78 bits per heavy atom. The fourth-order valence-corrected chi connectivity index (χ4v) is 2.68. The van der Waals surface area contributed by atoms with Gasteiger partial charge in [0, 0.05) is 24.9 Å². The molecule has 3 heteroatoms. The lowest BCUT2D eigenvalue weighted by Gasteiger charge is -2.36. The summed E-state index contributed by atoms with van der Waals surface area (Å²) in [5.74, 6) is 0.175. The van der Waals surface area contributed by atoms with Crippen LogP contribution in [0.2, 0.25) is 0 Å². The third kappa shape index (κ3) is 2.17. The first-order chi connectivity index (χ1) is 8.54. The number of carbonyl (C=O) groups excluding carboxylic acids is 2. The van der Waals surface area contributed by atoms with Crippen molar-refractivity contribution in [3.8, 4) is 0 Å². The van der Waals surface area contributed by atoms with Crippen LogP contribution in [-0.4, -0.2) is 17.7 Å². The van der Waals surface area contributed by atoms with Crippen molar-refractivity contribution in [2.75, 3.05) is 4.90 Å². The maximum absolute atomic E-state index is 12.1. The lowest BCUT2D eigenvalue weighted by molar-refractivity contribution is -0.117. The van der Waals surface area contributed by atoms with E-state index in [0.717, 1.165) is 24.1 Å². The summed E-state index contributed by atoms with van der Waals surface area (Å²) in [5, 5.41) is 0. The summed E-state index contributed by atoms with van der Waals surface area (Å²) in [6.45, 7) is 5.63. The predicted molar refractivity (Wildman–Crippen MR) is 72.0 cm³/mol. The number of rotatable bonds is 2. The van der Waals surface area contributed by atoms with Crippen molar-refractivity contribution >= 4 is 17.4 Å². The molecule has 2 rings (SSSR count). The van der Waals surface area contributed by atoms with Gasteiger partial charge >= 0.3 is 0 Å². The fourth-order valence-electron chi connectivity index (χ4n) is 2.68. The SMILES string of the molecule is CCC[C@H]1CC(=O)c2ccc(C)cc2N1C(C)=O. The van der Waals surface area contributed by atoms with Crippen LogP contribution in [0.3, 0.4) is 0 Å². The average molecular weight is 245 g/mol. The predicted octanol–water partition coefficient (Wildman–Crippen LogP) is 3.10. The first kappa shape index (κ1) is 12.8. The number of aryl methyl sites for hydroxylation is 1. The zero-order valence-electron chi connectivity index (χ0n) is 11.2. The van der Waals surface area contributed by atoms with E-state index in [1.165, 1.54) is 0 Å². The molecule has 1 atom stereocenters. The summed E-state index contributed by atoms with van der Waals surface area (Å²) in [5.41, 5.74) is 2.55. The molecule has 0 N–H and O–H groups in total. The zero-order chi connectivity index (χ0) is 13.3. The minimum Gasteiger partial charge on any atom is -0.308 e. The molecule has 0 aromatic heterocycles. The van der Waals surface area contributed by atoms with Gasteiger partial charge < -0.3 is 4.90 Å². The molecule has 1 aromatic carbocycles. The quantitative estimate of drug-likeness (QED) is 0.803. The van der Waals surface area contributed by atoms with Crippen LogP contribution in [0.4, 0.5) is 5.69 Å². The van der Waals surface area contributed by atoms with Crippen molar-refractivity contribution < 1.29 is 9.59 Å². The van der Waals surface area contributed by atoms with Crippen LogP contribution in [0.5, 0.6) is 0 Å². The number of nitrogens with zero attached hydrogens (tertiary/aromatic N) is 1. The number of ketones is 1.